The highest BCUT2D eigenvalue weighted by Gasteiger charge is 2.58. The Hall–Kier alpha value is -2.16. The number of ether oxygens (including phenoxy) is 1. The van der Waals surface area contributed by atoms with E-state index in [4.69, 9.17) is 4.74 Å². The van der Waals surface area contributed by atoms with Crippen molar-refractivity contribution in [2.45, 2.75) is 85.7 Å². The molecule has 0 radical (unpaired) electrons. The van der Waals surface area contributed by atoms with Gasteiger partial charge in [-0.05, 0) is 90.9 Å². The molecule has 0 aromatic heterocycles. The van der Waals surface area contributed by atoms with Crippen LogP contribution < -0.4 is 0 Å². The van der Waals surface area contributed by atoms with Crippen molar-refractivity contribution in [2.24, 2.45) is 34.0 Å². The van der Waals surface area contributed by atoms with Gasteiger partial charge in [-0.3, -0.25) is 0 Å². The predicted octanol–water partition coefficient (Wildman–Crippen LogP) is 7.33. The van der Waals surface area contributed by atoms with Crippen LogP contribution >= 0.6 is 0 Å². The van der Waals surface area contributed by atoms with Crippen molar-refractivity contribution in [2.75, 3.05) is 0 Å². The van der Waals surface area contributed by atoms with Gasteiger partial charge in [-0.25, -0.2) is 4.79 Å². The molecule has 1 aromatic rings. The monoisotopic (exact) mass is 460 g/mol. The van der Waals surface area contributed by atoms with Crippen molar-refractivity contribution in [1.82, 2.24) is 0 Å². The van der Waals surface area contributed by atoms with Gasteiger partial charge >= 0.3 is 5.97 Å². The second-order valence-electron chi connectivity index (χ2n) is 12.5. The molecule has 6 atom stereocenters. The average molecular weight is 461 g/mol. The van der Waals surface area contributed by atoms with Gasteiger partial charge in [-0.2, -0.15) is 0 Å². The number of fused-ring (bicyclic) bond motifs is 4. The lowest BCUT2D eigenvalue weighted by Gasteiger charge is -2.59. The molecule has 0 bridgehead atoms. The van der Waals surface area contributed by atoms with Crippen LogP contribution in [0.25, 0.3) is 0 Å². The summed E-state index contributed by atoms with van der Waals surface area (Å²) in [4.78, 5) is 24.5. The van der Waals surface area contributed by atoms with Crippen molar-refractivity contribution >= 4 is 12.3 Å². The number of allylic oxidation sites excluding steroid dienone is 4. The third-order valence-electron chi connectivity index (χ3n) is 10.5. The Morgan fingerprint density at radius 1 is 1.03 bits per heavy atom. The van der Waals surface area contributed by atoms with E-state index >= 15 is 0 Å². The van der Waals surface area contributed by atoms with Crippen LogP contribution in [0.4, 0.5) is 0 Å². The molecule has 1 aromatic carbocycles. The molecule has 1 saturated carbocycles. The van der Waals surface area contributed by atoms with E-state index < -0.39 is 0 Å². The van der Waals surface area contributed by atoms with Crippen LogP contribution in [-0.2, 0) is 9.53 Å². The van der Waals surface area contributed by atoms with Crippen molar-refractivity contribution < 1.29 is 14.3 Å². The number of carbonyl (C=O) groups is 2. The zero-order chi connectivity index (χ0) is 24.3. The summed E-state index contributed by atoms with van der Waals surface area (Å²) < 4.78 is 6.16. The number of benzene rings is 1. The van der Waals surface area contributed by atoms with E-state index in [1.807, 2.05) is 30.3 Å². The van der Waals surface area contributed by atoms with Gasteiger partial charge in [0, 0.05) is 11.3 Å². The summed E-state index contributed by atoms with van der Waals surface area (Å²) in [5, 5.41) is 0. The van der Waals surface area contributed by atoms with Gasteiger partial charge in [0.05, 0.1) is 5.56 Å². The number of rotatable bonds is 4. The van der Waals surface area contributed by atoms with Gasteiger partial charge in [0.15, 0.2) is 0 Å². The summed E-state index contributed by atoms with van der Waals surface area (Å²) >= 11 is 0. The number of hydrogen-bond donors (Lipinski definition) is 0. The maximum Gasteiger partial charge on any atom is 0.338 e. The van der Waals surface area contributed by atoms with Gasteiger partial charge in [0.1, 0.15) is 12.4 Å². The highest BCUT2D eigenvalue weighted by atomic mass is 16.5. The molecule has 3 nitrogen and oxygen atoms in total. The lowest BCUT2D eigenvalue weighted by Crippen LogP contribution is -2.54. The molecule has 0 amide bonds. The summed E-state index contributed by atoms with van der Waals surface area (Å²) in [5.41, 5.74) is 5.71. The highest BCUT2D eigenvalue weighted by Crippen LogP contribution is 2.66. The van der Waals surface area contributed by atoms with E-state index in [0.29, 0.717) is 17.4 Å². The van der Waals surface area contributed by atoms with E-state index in [-0.39, 0.29) is 34.2 Å². The van der Waals surface area contributed by atoms with Crippen LogP contribution in [-0.4, -0.2) is 18.4 Å². The molecule has 0 spiro atoms. The Kier molecular flexibility index (Phi) is 5.69. The van der Waals surface area contributed by atoms with Crippen LogP contribution in [0.1, 0.15) is 89.9 Å². The minimum atomic E-state index is -0.196. The largest absolute Gasteiger partial charge is 0.458 e. The topological polar surface area (TPSA) is 43.4 Å². The number of esters is 1. The molecule has 4 aliphatic rings. The van der Waals surface area contributed by atoms with E-state index in [2.05, 4.69) is 40.7 Å². The number of hydrogen-bond acceptors (Lipinski definition) is 3. The molecule has 5 rings (SSSR count). The Labute approximate surface area is 205 Å². The summed E-state index contributed by atoms with van der Waals surface area (Å²) in [7, 11) is 0. The second kappa shape index (κ2) is 8.21. The molecular formula is C31H40O3. The van der Waals surface area contributed by atoms with Crippen molar-refractivity contribution in [1.29, 1.82) is 0 Å². The quantitative estimate of drug-likeness (QED) is 0.349. The van der Waals surface area contributed by atoms with Crippen LogP contribution in [0.3, 0.4) is 0 Å². The standard InChI is InChI=1S/C31H40O3/c1-20(19-32)23-12-13-24-22-11-14-26-29(2,3)27(34-28(33)21-9-7-6-8-10-21)16-18-31(26,5)25(22)15-17-30(23,24)4/h6-10,13,19-20,23,26-27H,11-12,14-18H2,1-5H3. The van der Waals surface area contributed by atoms with E-state index in [9.17, 15) is 9.59 Å². The molecular weight excluding hydrogens is 420 g/mol. The Bertz CT molecular complexity index is 1050. The average Bonchev–Trinajstić information content (AvgIpc) is 3.18. The first-order valence-corrected chi connectivity index (χ1v) is 13.3. The number of carbonyl (C=O) groups excluding carboxylic acids is 2. The van der Waals surface area contributed by atoms with Crippen molar-refractivity contribution in [3.63, 3.8) is 0 Å². The van der Waals surface area contributed by atoms with Crippen molar-refractivity contribution in [3.05, 3.63) is 58.7 Å². The molecule has 0 heterocycles. The molecule has 1 fully saturated rings. The van der Waals surface area contributed by atoms with Crippen LogP contribution in [0, 0.1) is 34.0 Å². The van der Waals surface area contributed by atoms with Gasteiger partial charge in [0.2, 0.25) is 0 Å². The van der Waals surface area contributed by atoms with Crippen LogP contribution in [0.15, 0.2) is 53.1 Å². The van der Waals surface area contributed by atoms with Crippen molar-refractivity contribution in [3.8, 4) is 0 Å². The van der Waals surface area contributed by atoms with Gasteiger partial charge < -0.3 is 9.53 Å². The van der Waals surface area contributed by atoms with E-state index in [0.717, 1.165) is 51.2 Å². The minimum Gasteiger partial charge on any atom is -0.458 e. The first kappa shape index (κ1) is 23.6. The summed E-state index contributed by atoms with van der Waals surface area (Å²) in [6, 6.07) is 9.39. The molecule has 34 heavy (non-hydrogen) atoms. The van der Waals surface area contributed by atoms with E-state index in [1.165, 1.54) is 0 Å². The zero-order valence-corrected chi connectivity index (χ0v) is 21.5. The molecule has 0 saturated heterocycles. The zero-order valence-electron chi connectivity index (χ0n) is 21.5. The van der Waals surface area contributed by atoms with E-state index in [1.54, 1.807) is 16.7 Å². The Balaban J connectivity index is 1.42. The summed E-state index contributed by atoms with van der Waals surface area (Å²) in [6.45, 7) is 11.7. The Morgan fingerprint density at radius 3 is 2.47 bits per heavy atom. The lowest BCUT2D eigenvalue weighted by atomic mass is 9.46. The second-order valence-corrected chi connectivity index (χ2v) is 12.5. The fourth-order valence-corrected chi connectivity index (χ4v) is 8.57. The first-order valence-electron chi connectivity index (χ1n) is 13.3. The highest BCUT2D eigenvalue weighted by molar-refractivity contribution is 5.89. The third-order valence-corrected chi connectivity index (χ3v) is 10.5. The molecule has 4 aliphatic carbocycles. The smallest absolute Gasteiger partial charge is 0.338 e. The summed E-state index contributed by atoms with van der Waals surface area (Å²) in [5.74, 6) is 0.848. The predicted molar refractivity (Wildman–Crippen MR) is 135 cm³/mol. The lowest BCUT2D eigenvalue weighted by molar-refractivity contribution is -0.113. The fourth-order valence-electron chi connectivity index (χ4n) is 8.57. The van der Waals surface area contributed by atoms with Crippen LogP contribution in [0.5, 0.6) is 0 Å². The SMILES string of the molecule is CC(C=O)C1CC=C2C3=C(CCC21C)C1(C)CCC(OC(=O)c2ccccc2)C(C)(C)C1CC3. The normalized spacial score (nSPS) is 37.1. The fraction of sp³-hybridized carbons (Fsp3) is 0.613. The minimum absolute atomic E-state index is 0.0576. The maximum absolute atomic E-state index is 12.9. The molecule has 0 N–H and O–H groups in total. The Morgan fingerprint density at radius 2 is 1.76 bits per heavy atom. The molecule has 0 aliphatic heterocycles. The maximum atomic E-state index is 12.9. The van der Waals surface area contributed by atoms with Gasteiger partial charge in [-0.1, -0.05) is 64.5 Å². The summed E-state index contributed by atoms with van der Waals surface area (Å²) in [6.07, 6.45) is 11.1. The van der Waals surface area contributed by atoms with Gasteiger partial charge in [-0.15, -0.1) is 0 Å². The van der Waals surface area contributed by atoms with Gasteiger partial charge in [0.25, 0.3) is 0 Å². The number of aldehydes is 1. The molecule has 6 unspecified atom stereocenters. The third kappa shape index (κ3) is 3.37. The molecule has 3 heteroatoms. The van der Waals surface area contributed by atoms with Crippen LogP contribution in [0.2, 0.25) is 0 Å². The molecule has 182 valence electrons. The first-order chi connectivity index (χ1) is 16.1.